The number of alkyl halides is 1. The van der Waals surface area contributed by atoms with Crippen molar-refractivity contribution < 1.29 is 37.7 Å². The number of hydrogen-bond acceptors (Lipinski definition) is 8. The average Bonchev–Trinajstić information content (AvgIpc) is 3.48. The van der Waals surface area contributed by atoms with Gasteiger partial charge in [0.1, 0.15) is 31.7 Å². The van der Waals surface area contributed by atoms with Crippen molar-refractivity contribution in [3.63, 3.8) is 0 Å². The van der Waals surface area contributed by atoms with Crippen LogP contribution in [0.4, 0.5) is 20.6 Å². The number of amides is 3. The summed E-state index contributed by atoms with van der Waals surface area (Å²) in [5.41, 5.74) is 1.03. The molecule has 2 saturated heterocycles. The summed E-state index contributed by atoms with van der Waals surface area (Å²) < 4.78 is 34.4. The molecule has 10 nitrogen and oxygen atoms in total. The SMILES string of the molecule is O=C(NC[C@H]1CN(c2ccc(N3CCOCC3=O)cc2OCCOCCF)C(=O)O1)c1ccc(Cl)s1. The molecule has 2 aromatic rings. The Bertz CT molecular complexity index is 1100. The first-order chi connectivity index (χ1) is 17.5. The smallest absolute Gasteiger partial charge is 0.414 e. The van der Waals surface area contributed by atoms with Crippen LogP contribution in [-0.4, -0.2) is 83.4 Å². The van der Waals surface area contributed by atoms with E-state index >= 15 is 0 Å². The topological polar surface area (TPSA) is 107 Å². The normalized spacial score (nSPS) is 17.9. The van der Waals surface area contributed by atoms with Crippen LogP contribution in [0.1, 0.15) is 9.67 Å². The fourth-order valence-corrected chi connectivity index (χ4v) is 4.68. The monoisotopic (exact) mass is 541 g/mol. The van der Waals surface area contributed by atoms with Crippen LogP contribution in [0, 0.1) is 0 Å². The van der Waals surface area contributed by atoms with E-state index in [4.69, 9.17) is 30.5 Å². The Morgan fingerprint density at radius 1 is 1.19 bits per heavy atom. The number of nitrogens with one attached hydrogen (secondary N) is 1. The van der Waals surface area contributed by atoms with Crippen molar-refractivity contribution in [1.82, 2.24) is 5.32 Å². The molecule has 13 heteroatoms. The van der Waals surface area contributed by atoms with Crippen molar-refractivity contribution in [2.24, 2.45) is 0 Å². The van der Waals surface area contributed by atoms with Crippen molar-refractivity contribution in [3.05, 3.63) is 39.5 Å². The van der Waals surface area contributed by atoms with Crippen LogP contribution in [0.2, 0.25) is 4.34 Å². The number of nitrogens with zero attached hydrogens (tertiary/aromatic N) is 2. The Hall–Kier alpha value is -2.93. The van der Waals surface area contributed by atoms with Crippen LogP contribution in [-0.2, 0) is 19.0 Å². The first kappa shape index (κ1) is 26.1. The molecule has 0 bridgehead atoms. The van der Waals surface area contributed by atoms with Gasteiger partial charge in [-0.15, -0.1) is 11.3 Å². The summed E-state index contributed by atoms with van der Waals surface area (Å²) in [6.45, 7) is 0.691. The highest BCUT2D eigenvalue weighted by atomic mass is 35.5. The minimum absolute atomic E-state index is 0.0153. The van der Waals surface area contributed by atoms with Crippen molar-refractivity contribution in [3.8, 4) is 5.75 Å². The molecule has 3 heterocycles. The second-order valence-electron chi connectivity index (χ2n) is 7.83. The molecule has 0 radical (unpaired) electrons. The fraction of sp³-hybridized carbons (Fsp3) is 0.435. The van der Waals surface area contributed by atoms with Crippen molar-refractivity contribution in [2.75, 3.05) is 69.1 Å². The molecular formula is C23H25ClFN3O7S. The van der Waals surface area contributed by atoms with E-state index in [0.29, 0.717) is 39.5 Å². The molecule has 1 aromatic carbocycles. The van der Waals surface area contributed by atoms with Crippen molar-refractivity contribution in [2.45, 2.75) is 6.10 Å². The summed E-state index contributed by atoms with van der Waals surface area (Å²) in [4.78, 5) is 40.7. The van der Waals surface area contributed by atoms with E-state index in [1.807, 2.05) is 0 Å². The zero-order chi connectivity index (χ0) is 25.5. The zero-order valence-electron chi connectivity index (χ0n) is 19.2. The number of rotatable bonds is 11. The van der Waals surface area contributed by atoms with Gasteiger partial charge in [-0.25, -0.2) is 9.18 Å². The van der Waals surface area contributed by atoms with E-state index in [-0.39, 0.29) is 51.3 Å². The van der Waals surface area contributed by atoms with Gasteiger partial charge >= 0.3 is 6.09 Å². The molecule has 36 heavy (non-hydrogen) atoms. The maximum Gasteiger partial charge on any atom is 0.414 e. The highest BCUT2D eigenvalue weighted by Gasteiger charge is 2.35. The lowest BCUT2D eigenvalue weighted by Gasteiger charge is -2.28. The molecule has 194 valence electrons. The third kappa shape index (κ3) is 6.44. The first-order valence-electron chi connectivity index (χ1n) is 11.3. The summed E-state index contributed by atoms with van der Waals surface area (Å²) in [7, 11) is 0. The van der Waals surface area contributed by atoms with Gasteiger partial charge in [0.05, 0.1) is 47.8 Å². The molecule has 1 N–H and O–H groups in total. The molecule has 0 unspecified atom stereocenters. The summed E-state index contributed by atoms with van der Waals surface area (Å²) >= 11 is 7.04. The highest BCUT2D eigenvalue weighted by Crippen LogP contribution is 2.35. The molecule has 0 spiro atoms. The minimum Gasteiger partial charge on any atom is -0.489 e. The number of carbonyl (C=O) groups is 3. The average molecular weight is 542 g/mol. The van der Waals surface area contributed by atoms with Gasteiger partial charge in [-0.2, -0.15) is 0 Å². The molecule has 2 aliphatic heterocycles. The summed E-state index contributed by atoms with van der Waals surface area (Å²) in [6, 6.07) is 8.31. The molecule has 2 aliphatic rings. The molecule has 0 aliphatic carbocycles. The third-order valence-electron chi connectivity index (χ3n) is 5.40. The molecule has 1 atom stereocenters. The van der Waals surface area contributed by atoms with Gasteiger partial charge in [-0.05, 0) is 24.3 Å². The largest absolute Gasteiger partial charge is 0.489 e. The van der Waals surface area contributed by atoms with E-state index in [1.165, 1.54) is 4.90 Å². The number of hydrogen-bond donors (Lipinski definition) is 1. The minimum atomic E-state index is -0.600. The molecule has 1 aromatic heterocycles. The Balaban J connectivity index is 1.45. The van der Waals surface area contributed by atoms with E-state index in [1.54, 1.807) is 35.2 Å². The second kappa shape index (κ2) is 12.3. The van der Waals surface area contributed by atoms with Crippen LogP contribution in [0.5, 0.6) is 5.75 Å². The molecule has 4 rings (SSSR count). The predicted molar refractivity (Wildman–Crippen MR) is 131 cm³/mol. The first-order valence-corrected chi connectivity index (χ1v) is 12.5. The maximum absolute atomic E-state index is 12.7. The number of cyclic esters (lactones) is 1. The van der Waals surface area contributed by atoms with E-state index < -0.39 is 18.9 Å². The highest BCUT2D eigenvalue weighted by molar-refractivity contribution is 7.18. The van der Waals surface area contributed by atoms with Gasteiger partial charge in [-0.3, -0.25) is 14.5 Å². The van der Waals surface area contributed by atoms with Crippen LogP contribution in [0.3, 0.4) is 0 Å². The van der Waals surface area contributed by atoms with Gasteiger partial charge in [0.15, 0.2) is 0 Å². The fourth-order valence-electron chi connectivity index (χ4n) is 3.72. The Morgan fingerprint density at radius 2 is 2.06 bits per heavy atom. The molecular weight excluding hydrogens is 517 g/mol. The molecule has 0 saturated carbocycles. The van der Waals surface area contributed by atoms with Gasteiger partial charge in [0.2, 0.25) is 0 Å². The number of carbonyl (C=O) groups excluding carboxylic acids is 3. The van der Waals surface area contributed by atoms with Crippen LogP contribution >= 0.6 is 22.9 Å². The van der Waals surface area contributed by atoms with Gasteiger partial charge in [0.25, 0.3) is 11.8 Å². The quantitative estimate of drug-likeness (QED) is 0.436. The summed E-state index contributed by atoms with van der Waals surface area (Å²) in [6.07, 6.45) is -1.18. The number of morpholine rings is 1. The van der Waals surface area contributed by atoms with Crippen LogP contribution < -0.4 is 19.9 Å². The lowest BCUT2D eigenvalue weighted by atomic mass is 10.2. The van der Waals surface area contributed by atoms with Gasteiger partial charge in [0, 0.05) is 18.3 Å². The second-order valence-corrected chi connectivity index (χ2v) is 9.55. The van der Waals surface area contributed by atoms with E-state index in [9.17, 15) is 18.8 Å². The number of ether oxygens (including phenoxy) is 4. The predicted octanol–water partition coefficient (Wildman–Crippen LogP) is 2.88. The zero-order valence-corrected chi connectivity index (χ0v) is 20.8. The van der Waals surface area contributed by atoms with Crippen molar-refractivity contribution in [1.29, 1.82) is 0 Å². The van der Waals surface area contributed by atoms with Crippen LogP contribution in [0.25, 0.3) is 0 Å². The lowest BCUT2D eigenvalue weighted by Crippen LogP contribution is -2.41. The number of anilines is 2. The molecule has 3 amide bonds. The third-order valence-corrected chi connectivity index (χ3v) is 6.63. The van der Waals surface area contributed by atoms with Crippen molar-refractivity contribution >= 4 is 52.2 Å². The Kier molecular flexibility index (Phi) is 8.97. The lowest BCUT2D eigenvalue weighted by molar-refractivity contribution is -0.125. The van der Waals surface area contributed by atoms with E-state index in [2.05, 4.69) is 5.32 Å². The van der Waals surface area contributed by atoms with Crippen LogP contribution in [0.15, 0.2) is 30.3 Å². The number of benzene rings is 1. The standard InChI is InChI=1S/C23H25ClFN3O7S/c24-20-4-3-19(36-20)22(30)26-12-16-13-28(23(31)35-16)17-2-1-15(27-6-8-33-14-21(27)29)11-18(17)34-10-9-32-7-5-25/h1-4,11,16H,5-10,12-14H2,(H,26,30)/t16-/m0/s1. The Morgan fingerprint density at radius 3 is 2.81 bits per heavy atom. The summed E-state index contributed by atoms with van der Waals surface area (Å²) in [5, 5.41) is 2.75. The van der Waals surface area contributed by atoms with Gasteiger partial charge < -0.3 is 29.2 Å². The van der Waals surface area contributed by atoms with Gasteiger partial charge in [-0.1, -0.05) is 11.6 Å². The molecule has 2 fully saturated rings. The number of thiophene rings is 1. The van der Waals surface area contributed by atoms with E-state index in [0.717, 1.165) is 11.3 Å². The number of halogens is 2. The summed E-state index contributed by atoms with van der Waals surface area (Å²) in [5.74, 6) is -0.154. The maximum atomic E-state index is 12.7. The Labute approximate surface area is 215 Å².